The topological polar surface area (TPSA) is 102 Å². The molecule has 1 aromatic carbocycles. The number of hydrogen-bond acceptors (Lipinski definition) is 7. The molecule has 0 bridgehead atoms. The van der Waals surface area contributed by atoms with Gasteiger partial charge in [-0.1, -0.05) is 12.1 Å². The van der Waals surface area contributed by atoms with Crippen molar-refractivity contribution in [3.63, 3.8) is 0 Å². The molecule has 29 heavy (non-hydrogen) atoms. The molecular formula is C22H24N4O3. The Morgan fingerprint density at radius 3 is 2.00 bits per heavy atom. The molecule has 1 aromatic rings. The number of benzene rings is 1. The Balaban J connectivity index is 2.47. The van der Waals surface area contributed by atoms with Crippen molar-refractivity contribution in [1.29, 1.82) is 15.8 Å². The van der Waals surface area contributed by atoms with Crippen LogP contribution < -0.4 is 4.90 Å². The average Bonchev–Trinajstić information content (AvgIpc) is 2.99. The Morgan fingerprint density at radius 2 is 1.55 bits per heavy atom. The van der Waals surface area contributed by atoms with Crippen molar-refractivity contribution in [1.82, 2.24) is 0 Å². The molecule has 0 saturated carbocycles. The first kappa shape index (κ1) is 22.0. The van der Waals surface area contributed by atoms with Crippen molar-refractivity contribution >= 4 is 11.3 Å². The molecule has 0 N–H and O–H groups in total. The van der Waals surface area contributed by atoms with E-state index in [1.165, 1.54) is 0 Å². The number of nitriles is 3. The minimum absolute atomic E-state index is 0.0448. The molecule has 1 heterocycles. The van der Waals surface area contributed by atoms with Crippen LogP contribution in [0.25, 0.3) is 5.57 Å². The number of anilines is 1. The third-order valence-corrected chi connectivity index (χ3v) is 4.65. The van der Waals surface area contributed by atoms with E-state index < -0.39 is 5.60 Å². The number of ether oxygens (including phenoxy) is 3. The van der Waals surface area contributed by atoms with Crippen LogP contribution >= 0.6 is 0 Å². The van der Waals surface area contributed by atoms with Crippen molar-refractivity contribution in [3.8, 4) is 18.2 Å². The summed E-state index contributed by atoms with van der Waals surface area (Å²) in [5.41, 5.74) is 1.64. The minimum Gasteiger partial charge on any atom is -0.480 e. The summed E-state index contributed by atoms with van der Waals surface area (Å²) in [6, 6.07) is 13.5. The number of rotatable bonds is 8. The van der Waals surface area contributed by atoms with Gasteiger partial charge in [0.05, 0.1) is 13.2 Å². The molecule has 0 radical (unpaired) electrons. The number of allylic oxidation sites excluding steroid dienone is 2. The second-order valence-electron chi connectivity index (χ2n) is 6.92. The maximum absolute atomic E-state index is 9.70. The molecule has 0 amide bonds. The van der Waals surface area contributed by atoms with Gasteiger partial charge in [0.2, 0.25) is 0 Å². The first-order valence-corrected chi connectivity index (χ1v) is 9.15. The summed E-state index contributed by atoms with van der Waals surface area (Å²) in [5.74, 6) is 0.0448. The highest BCUT2D eigenvalue weighted by Crippen LogP contribution is 2.45. The quantitative estimate of drug-likeness (QED) is 0.626. The second kappa shape index (κ2) is 9.75. The van der Waals surface area contributed by atoms with Crippen molar-refractivity contribution in [2.24, 2.45) is 0 Å². The van der Waals surface area contributed by atoms with Crippen molar-refractivity contribution in [3.05, 3.63) is 46.7 Å². The van der Waals surface area contributed by atoms with Gasteiger partial charge in [-0.25, -0.2) is 0 Å². The van der Waals surface area contributed by atoms with Gasteiger partial charge in [0, 0.05) is 38.6 Å². The number of methoxy groups -OCH3 is 2. The normalized spacial score (nSPS) is 14.6. The van der Waals surface area contributed by atoms with Crippen LogP contribution in [0.1, 0.15) is 19.4 Å². The zero-order valence-corrected chi connectivity index (χ0v) is 17.2. The largest absolute Gasteiger partial charge is 0.480 e. The summed E-state index contributed by atoms with van der Waals surface area (Å²) in [6.45, 7) is 6.26. The third-order valence-electron chi connectivity index (χ3n) is 4.65. The van der Waals surface area contributed by atoms with E-state index in [4.69, 9.17) is 14.2 Å². The lowest BCUT2D eigenvalue weighted by Crippen LogP contribution is -2.30. The van der Waals surface area contributed by atoms with Gasteiger partial charge in [0.15, 0.2) is 11.3 Å². The van der Waals surface area contributed by atoms with E-state index in [-0.39, 0.29) is 16.9 Å². The molecule has 0 aliphatic carbocycles. The monoisotopic (exact) mass is 392 g/mol. The first-order chi connectivity index (χ1) is 13.9. The van der Waals surface area contributed by atoms with Crippen molar-refractivity contribution in [2.45, 2.75) is 19.4 Å². The van der Waals surface area contributed by atoms with Crippen LogP contribution in [0.15, 0.2) is 41.2 Å². The third kappa shape index (κ3) is 4.76. The molecule has 0 spiro atoms. The molecule has 7 nitrogen and oxygen atoms in total. The van der Waals surface area contributed by atoms with Gasteiger partial charge in [-0.3, -0.25) is 0 Å². The van der Waals surface area contributed by atoms with Crippen molar-refractivity contribution in [2.75, 3.05) is 45.4 Å². The van der Waals surface area contributed by atoms with Crippen LogP contribution in [-0.4, -0.2) is 46.1 Å². The molecule has 7 heteroatoms. The fraction of sp³-hybridized carbons (Fsp3) is 0.409. The minimum atomic E-state index is -0.841. The summed E-state index contributed by atoms with van der Waals surface area (Å²) in [7, 11) is 3.33. The molecular weight excluding hydrogens is 368 g/mol. The highest BCUT2D eigenvalue weighted by molar-refractivity contribution is 5.84. The Morgan fingerprint density at radius 1 is 1.00 bits per heavy atom. The van der Waals surface area contributed by atoms with E-state index in [0.717, 1.165) is 24.3 Å². The standard InChI is InChI=1S/C22H24N4O3/c1-22(2)20(19(15-25)21(29-22)17(13-23)14-24)16-5-7-18(8-6-16)26(9-11-27-3)10-12-28-4/h5-8H,9-12H2,1-4H3. The van der Waals surface area contributed by atoms with Gasteiger partial charge in [0.1, 0.15) is 29.4 Å². The molecule has 0 saturated heterocycles. The Labute approximate surface area is 171 Å². The summed E-state index contributed by atoms with van der Waals surface area (Å²) >= 11 is 0. The SMILES string of the molecule is COCCN(CCOC)c1ccc(C2=C(C#N)C(=C(C#N)C#N)OC2(C)C)cc1. The summed E-state index contributed by atoms with van der Waals surface area (Å²) in [5, 5.41) is 28.1. The van der Waals surface area contributed by atoms with Crippen LogP contribution in [0, 0.1) is 34.0 Å². The van der Waals surface area contributed by atoms with E-state index in [1.54, 1.807) is 14.2 Å². The van der Waals surface area contributed by atoms with Gasteiger partial charge >= 0.3 is 0 Å². The lowest BCUT2D eigenvalue weighted by atomic mass is 9.89. The predicted molar refractivity (Wildman–Crippen MR) is 108 cm³/mol. The Hall–Kier alpha value is -3.31. The molecule has 0 fully saturated rings. The zero-order chi connectivity index (χ0) is 21.4. The predicted octanol–water partition coefficient (Wildman–Crippen LogP) is 3.17. The van der Waals surface area contributed by atoms with E-state index in [9.17, 15) is 15.8 Å². The van der Waals surface area contributed by atoms with Gasteiger partial charge in [0.25, 0.3) is 0 Å². The summed E-state index contributed by atoms with van der Waals surface area (Å²) in [4.78, 5) is 2.15. The second-order valence-corrected chi connectivity index (χ2v) is 6.92. The Kier molecular flexibility index (Phi) is 7.39. The van der Waals surface area contributed by atoms with E-state index in [1.807, 2.05) is 50.3 Å². The van der Waals surface area contributed by atoms with Crippen molar-refractivity contribution < 1.29 is 14.2 Å². The van der Waals surface area contributed by atoms with Crippen LogP contribution in [0.5, 0.6) is 0 Å². The molecule has 2 rings (SSSR count). The molecule has 150 valence electrons. The summed E-state index contributed by atoms with van der Waals surface area (Å²) < 4.78 is 16.2. The molecule has 1 aliphatic heterocycles. The fourth-order valence-corrected chi connectivity index (χ4v) is 3.28. The van der Waals surface area contributed by atoms with Crippen LogP contribution in [0.2, 0.25) is 0 Å². The maximum Gasteiger partial charge on any atom is 0.172 e. The van der Waals surface area contributed by atoms with Gasteiger partial charge < -0.3 is 19.1 Å². The average molecular weight is 392 g/mol. The van der Waals surface area contributed by atoms with E-state index >= 15 is 0 Å². The lowest BCUT2D eigenvalue weighted by molar-refractivity contribution is 0.109. The van der Waals surface area contributed by atoms with Crippen LogP contribution in [0.4, 0.5) is 5.69 Å². The molecule has 0 atom stereocenters. The smallest absolute Gasteiger partial charge is 0.172 e. The highest BCUT2D eigenvalue weighted by atomic mass is 16.5. The molecule has 1 aliphatic rings. The lowest BCUT2D eigenvalue weighted by Gasteiger charge is -2.26. The van der Waals surface area contributed by atoms with Gasteiger partial charge in [-0.2, -0.15) is 15.8 Å². The van der Waals surface area contributed by atoms with Gasteiger partial charge in [-0.15, -0.1) is 0 Å². The first-order valence-electron chi connectivity index (χ1n) is 9.15. The maximum atomic E-state index is 9.70. The van der Waals surface area contributed by atoms with E-state index in [2.05, 4.69) is 11.0 Å². The highest BCUT2D eigenvalue weighted by Gasteiger charge is 2.40. The fourth-order valence-electron chi connectivity index (χ4n) is 3.28. The molecule has 0 unspecified atom stereocenters. The zero-order valence-electron chi connectivity index (χ0n) is 17.2. The Bertz CT molecular complexity index is 901. The summed E-state index contributed by atoms with van der Waals surface area (Å²) in [6.07, 6.45) is 0. The van der Waals surface area contributed by atoms with E-state index in [0.29, 0.717) is 18.8 Å². The van der Waals surface area contributed by atoms with Crippen LogP contribution in [0.3, 0.4) is 0 Å². The van der Waals surface area contributed by atoms with Gasteiger partial charge in [-0.05, 0) is 31.5 Å². The molecule has 0 aromatic heterocycles. The number of nitrogens with zero attached hydrogens (tertiary/aromatic N) is 4. The van der Waals surface area contributed by atoms with Crippen LogP contribution in [-0.2, 0) is 14.2 Å². The number of hydrogen-bond donors (Lipinski definition) is 0.